The van der Waals surface area contributed by atoms with Gasteiger partial charge in [-0.1, -0.05) is 23.2 Å². The highest BCUT2D eigenvalue weighted by Crippen LogP contribution is 2.32. The first-order valence-electron chi connectivity index (χ1n) is 7.46. The SMILES string of the molecule is COc1ccc(-c2csc(NC(=O)c3cc(Cl)ccc3OC)n2)cc1Cl. The van der Waals surface area contributed by atoms with Gasteiger partial charge in [-0.2, -0.15) is 0 Å². The van der Waals surface area contributed by atoms with Gasteiger partial charge in [-0.25, -0.2) is 4.98 Å². The van der Waals surface area contributed by atoms with Crippen LogP contribution in [0.5, 0.6) is 11.5 Å². The number of carbonyl (C=O) groups is 1. The Morgan fingerprint density at radius 2 is 1.81 bits per heavy atom. The van der Waals surface area contributed by atoms with Crippen molar-refractivity contribution in [3.05, 3.63) is 57.4 Å². The predicted octanol–water partition coefficient (Wildman–Crippen LogP) is 5.39. The van der Waals surface area contributed by atoms with Crippen molar-refractivity contribution in [2.75, 3.05) is 19.5 Å². The molecule has 0 bridgehead atoms. The highest BCUT2D eigenvalue weighted by atomic mass is 35.5. The summed E-state index contributed by atoms with van der Waals surface area (Å²) >= 11 is 13.4. The Labute approximate surface area is 164 Å². The van der Waals surface area contributed by atoms with Gasteiger partial charge >= 0.3 is 0 Å². The van der Waals surface area contributed by atoms with E-state index in [-0.39, 0.29) is 5.91 Å². The molecule has 8 heteroatoms. The van der Waals surface area contributed by atoms with Crippen molar-refractivity contribution in [3.63, 3.8) is 0 Å². The van der Waals surface area contributed by atoms with Gasteiger partial charge in [-0.3, -0.25) is 10.1 Å². The van der Waals surface area contributed by atoms with Crippen LogP contribution in [0.3, 0.4) is 0 Å². The lowest BCUT2D eigenvalue weighted by Gasteiger charge is -2.08. The largest absolute Gasteiger partial charge is 0.496 e. The number of methoxy groups -OCH3 is 2. The zero-order chi connectivity index (χ0) is 18.7. The molecule has 0 saturated carbocycles. The third-order valence-corrected chi connectivity index (χ3v) is 4.87. The third kappa shape index (κ3) is 3.93. The molecule has 0 aliphatic carbocycles. The quantitative estimate of drug-likeness (QED) is 0.614. The fraction of sp³-hybridized carbons (Fsp3) is 0.111. The van der Waals surface area contributed by atoms with Crippen LogP contribution in [0.1, 0.15) is 10.4 Å². The van der Waals surface area contributed by atoms with Crippen molar-refractivity contribution in [2.45, 2.75) is 0 Å². The van der Waals surface area contributed by atoms with Gasteiger partial charge < -0.3 is 9.47 Å². The van der Waals surface area contributed by atoms with E-state index in [0.29, 0.717) is 37.9 Å². The zero-order valence-electron chi connectivity index (χ0n) is 13.9. The van der Waals surface area contributed by atoms with E-state index in [1.165, 1.54) is 18.4 Å². The van der Waals surface area contributed by atoms with E-state index < -0.39 is 0 Å². The summed E-state index contributed by atoms with van der Waals surface area (Å²) in [6.07, 6.45) is 0. The van der Waals surface area contributed by atoms with Gasteiger partial charge in [-0.05, 0) is 36.4 Å². The molecule has 0 atom stereocenters. The topological polar surface area (TPSA) is 60.5 Å². The molecule has 0 aliphatic rings. The van der Waals surface area contributed by atoms with Crippen molar-refractivity contribution in [1.29, 1.82) is 0 Å². The first-order chi connectivity index (χ1) is 12.5. The van der Waals surface area contributed by atoms with Gasteiger partial charge in [0.15, 0.2) is 5.13 Å². The number of halogens is 2. The summed E-state index contributed by atoms with van der Waals surface area (Å²) in [6.45, 7) is 0. The van der Waals surface area contributed by atoms with Crippen LogP contribution in [-0.2, 0) is 0 Å². The van der Waals surface area contributed by atoms with Crippen LogP contribution < -0.4 is 14.8 Å². The second-order valence-corrected chi connectivity index (χ2v) is 6.89. The molecular formula is C18H14Cl2N2O3S. The number of aromatic nitrogens is 1. The summed E-state index contributed by atoms with van der Waals surface area (Å²) in [7, 11) is 3.05. The molecule has 2 aromatic carbocycles. The maximum Gasteiger partial charge on any atom is 0.261 e. The van der Waals surface area contributed by atoms with Crippen LogP contribution in [0.4, 0.5) is 5.13 Å². The molecular weight excluding hydrogens is 395 g/mol. The minimum atomic E-state index is -0.349. The summed E-state index contributed by atoms with van der Waals surface area (Å²) < 4.78 is 10.4. The molecule has 3 aromatic rings. The van der Waals surface area contributed by atoms with Gasteiger partial charge in [-0.15, -0.1) is 11.3 Å². The maximum atomic E-state index is 12.5. The number of carbonyl (C=O) groups excluding carboxylic acids is 1. The summed E-state index contributed by atoms with van der Waals surface area (Å²) in [6, 6.07) is 10.2. The Morgan fingerprint density at radius 3 is 2.50 bits per heavy atom. The normalized spacial score (nSPS) is 10.5. The molecule has 1 N–H and O–H groups in total. The minimum Gasteiger partial charge on any atom is -0.496 e. The molecule has 0 saturated heterocycles. The smallest absolute Gasteiger partial charge is 0.261 e. The Balaban J connectivity index is 1.81. The Kier molecular flexibility index (Phi) is 5.66. The number of anilines is 1. The molecule has 0 radical (unpaired) electrons. The van der Waals surface area contributed by atoms with E-state index in [0.717, 1.165) is 5.56 Å². The number of rotatable bonds is 5. The number of hydrogen-bond acceptors (Lipinski definition) is 5. The second-order valence-electron chi connectivity index (χ2n) is 5.19. The molecule has 26 heavy (non-hydrogen) atoms. The van der Waals surface area contributed by atoms with Crippen LogP contribution in [0.15, 0.2) is 41.8 Å². The van der Waals surface area contributed by atoms with Crippen molar-refractivity contribution >= 4 is 45.6 Å². The average molecular weight is 409 g/mol. The first kappa shape index (κ1) is 18.5. The molecule has 0 fully saturated rings. The highest BCUT2D eigenvalue weighted by Gasteiger charge is 2.15. The van der Waals surface area contributed by atoms with Gasteiger partial charge in [0.2, 0.25) is 0 Å². The van der Waals surface area contributed by atoms with Gasteiger partial charge in [0, 0.05) is 16.0 Å². The van der Waals surface area contributed by atoms with Crippen LogP contribution in [-0.4, -0.2) is 25.1 Å². The second kappa shape index (κ2) is 7.95. The van der Waals surface area contributed by atoms with Crippen molar-refractivity contribution in [3.8, 4) is 22.8 Å². The zero-order valence-corrected chi connectivity index (χ0v) is 16.2. The number of nitrogens with zero attached hydrogens (tertiary/aromatic N) is 1. The van der Waals surface area contributed by atoms with Crippen molar-refractivity contribution in [2.24, 2.45) is 0 Å². The van der Waals surface area contributed by atoms with E-state index in [2.05, 4.69) is 10.3 Å². The molecule has 0 unspecified atom stereocenters. The number of hydrogen-bond donors (Lipinski definition) is 1. The van der Waals surface area contributed by atoms with Crippen LogP contribution in [0.25, 0.3) is 11.3 Å². The summed E-state index contributed by atoms with van der Waals surface area (Å²) in [5.41, 5.74) is 1.87. The number of amides is 1. The summed E-state index contributed by atoms with van der Waals surface area (Å²) in [5.74, 6) is 0.677. The predicted molar refractivity (Wildman–Crippen MR) is 105 cm³/mol. The molecule has 5 nitrogen and oxygen atoms in total. The van der Waals surface area contributed by atoms with E-state index in [9.17, 15) is 4.79 Å². The molecule has 1 aromatic heterocycles. The van der Waals surface area contributed by atoms with Crippen LogP contribution >= 0.6 is 34.5 Å². The minimum absolute atomic E-state index is 0.337. The third-order valence-electron chi connectivity index (χ3n) is 3.58. The van der Waals surface area contributed by atoms with Gasteiger partial charge in [0.05, 0.1) is 30.5 Å². The van der Waals surface area contributed by atoms with E-state index >= 15 is 0 Å². The maximum absolute atomic E-state index is 12.5. The molecule has 134 valence electrons. The highest BCUT2D eigenvalue weighted by molar-refractivity contribution is 7.14. The van der Waals surface area contributed by atoms with Crippen LogP contribution in [0, 0.1) is 0 Å². The summed E-state index contributed by atoms with van der Waals surface area (Å²) in [5, 5.41) is 5.99. The molecule has 1 heterocycles. The number of benzene rings is 2. The van der Waals surface area contributed by atoms with E-state index in [1.807, 2.05) is 11.4 Å². The van der Waals surface area contributed by atoms with Gasteiger partial charge in [0.25, 0.3) is 5.91 Å². The fourth-order valence-electron chi connectivity index (χ4n) is 2.31. The Morgan fingerprint density at radius 1 is 1.08 bits per heavy atom. The summed E-state index contributed by atoms with van der Waals surface area (Å²) in [4.78, 5) is 16.9. The van der Waals surface area contributed by atoms with E-state index in [1.54, 1.807) is 37.4 Å². The molecule has 1 amide bonds. The van der Waals surface area contributed by atoms with E-state index in [4.69, 9.17) is 32.7 Å². The first-order valence-corrected chi connectivity index (χ1v) is 9.09. The number of thiazole rings is 1. The Hall–Kier alpha value is -2.28. The Bertz CT molecular complexity index is 959. The lowest BCUT2D eigenvalue weighted by Crippen LogP contribution is -2.13. The fourth-order valence-corrected chi connectivity index (χ4v) is 3.46. The van der Waals surface area contributed by atoms with Gasteiger partial charge in [0.1, 0.15) is 11.5 Å². The van der Waals surface area contributed by atoms with Crippen molar-refractivity contribution in [1.82, 2.24) is 4.98 Å². The number of nitrogens with one attached hydrogen (secondary N) is 1. The molecule has 0 aliphatic heterocycles. The standard InChI is InChI=1S/C18H14Cl2N2O3S/c1-24-15-6-4-11(19)8-12(15)17(23)22-18-21-14(9-26-18)10-3-5-16(25-2)13(20)7-10/h3-9H,1-2H3,(H,21,22,23). The molecule has 3 rings (SSSR count). The lowest BCUT2D eigenvalue weighted by molar-refractivity contribution is 0.102. The molecule has 0 spiro atoms. The number of ether oxygens (including phenoxy) is 2. The lowest BCUT2D eigenvalue weighted by atomic mass is 10.2. The average Bonchev–Trinajstić information content (AvgIpc) is 3.10. The van der Waals surface area contributed by atoms with Crippen molar-refractivity contribution < 1.29 is 14.3 Å². The monoisotopic (exact) mass is 408 g/mol. The van der Waals surface area contributed by atoms with Crippen LogP contribution in [0.2, 0.25) is 10.0 Å².